The first kappa shape index (κ1) is 10.6. The van der Waals surface area contributed by atoms with Gasteiger partial charge in [0, 0.05) is 24.5 Å². The molecule has 0 unspecified atom stereocenters. The van der Waals surface area contributed by atoms with Gasteiger partial charge in [-0.05, 0) is 43.7 Å². The first-order valence-electron chi connectivity index (χ1n) is 5.91. The summed E-state index contributed by atoms with van der Waals surface area (Å²) in [5.41, 5.74) is 1.29. The quantitative estimate of drug-likeness (QED) is 0.819. The van der Waals surface area contributed by atoms with E-state index in [2.05, 4.69) is 30.2 Å². The van der Waals surface area contributed by atoms with E-state index in [0.29, 0.717) is 12.1 Å². The summed E-state index contributed by atoms with van der Waals surface area (Å²) in [7, 11) is 0. The highest BCUT2D eigenvalue weighted by Crippen LogP contribution is 2.26. The Balaban J connectivity index is 1.90. The Labute approximate surface area is 92.1 Å². The Morgan fingerprint density at radius 2 is 2.33 bits per heavy atom. The van der Waals surface area contributed by atoms with Crippen LogP contribution < -0.4 is 5.32 Å². The largest absolute Gasteiger partial charge is 0.307 e. The zero-order valence-corrected chi connectivity index (χ0v) is 9.61. The molecule has 0 bridgehead atoms. The molecule has 1 aromatic heterocycles. The molecule has 2 nitrogen and oxygen atoms in total. The molecule has 0 spiro atoms. The van der Waals surface area contributed by atoms with Crippen molar-refractivity contribution < 1.29 is 0 Å². The standard InChI is InChI=1S/C13H20N2/c1-10-5-6-13(8-10)15-11(2)12-4-3-7-14-9-12/h3-4,7,9-11,13,15H,5-6,8H2,1-2H3/t10-,11-,13+/m0/s1. The third kappa shape index (κ3) is 2.78. The molecular formula is C13H20N2. The van der Waals surface area contributed by atoms with Gasteiger partial charge >= 0.3 is 0 Å². The lowest BCUT2D eigenvalue weighted by Crippen LogP contribution is -2.29. The second-order valence-corrected chi connectivity index (χ2v) is 4.79. The van der Waals surface area contributed by atoms with Crippen LogP contribution in [0, 0.1) is 5.92 Å². The van der Waals surface area contributed by atoms with Gasteiger partial charge in [0.05, 0.1) is 0 Å². The molecule has 1 aromatic rings. The molecule has 82 valence electrons. The highest BCUT2D eigenvalue weighted by Gasteiger charge is 2.22. The SMILES string of the molecule is C[C@H]1CC[C@@H](N[C@@H](C)c2cccnc2)C1. The highest BCUT2D eigenvalue weighted by atomic mass is 15.0. The molecule has 1 saturated carbocycles. The third-order valence-corrected chi connectivity index (χ3v) is 3.36. The summed E-state index contributed by atoms with van der Waals surface area (Å²) >= 11 is 0. The lowest BCUT2D eigenvalue weighted by Gasteiger charge is -2.19. The Morgan fingerprint density at radius 3 is 2.93 bits per heavy atom. The van der Waals surface area contributed by atoms with Gasteiger partial charge in [-0.15, -0.1) is 0 Å². The fourth-order valence-electron chi connectivity index (χ4n) is 2.44. The molecule has 2 heteroatoms. The van der Waals surface area contributed by atoms with Crippen LogP contribution in [-0.2, 0) is 0 Å². The number of hydrogen-bond donors (Lipinski definition) is 1. The van der Waals surface area contributed by atoms with Crippen molar-refractivity contribution in [2.24, 2.45) is 5.92 Å². The summed E-state index contributed by atoms with van der Waals surface area (Å²) in [6, 6.07) is 5.28. The van der Waals surface area contributed by atoms with E-state index in [1.54, 1.807) is 0 Å². The number of nitrogens with zero attached hydrogens (tertiary/aromatic N) is 1. The second-order valence-electron chi connectivity index (χ2n) is 4.79. The number of aromatic nitrogens is 1. The summed E-state index contributed by atoms with van der Waals surface area (Å²) in [4.78, 5) is 4.16. The number of rotatable bonds is 3. The van der Waals surface area contributed by atoms with Gasteiger partial charge in [0.25, 0.3) is 0 Å². The lowest BCUT2D eigenvalue weighted by atomic mass is 10.1. The summed E-state index contributed by atoms with van der Waals surface area (Å²) in [5, 5.41) is 3.69. The van der Waals surface area contributed by atoms with Crippen molar-refractivity contribution in [2.45, 2.75) is 45.2 Å². The first-order valence-corrected chi connectivity index (χ1v) is 5.91. The molecule has 15 heavy (non-hydrogen) atoms. The molecular weight excluding hydrogens is 184 g/mol. The van der Waals surface area contributed by atoms with Crippen LogP contribution in [0.15, 0.2) is 24.5 Å². The second kappa shape index (κ2) is 4.75. The maximum atomic E-state index is 4.16. The molecule has 0 radical (unpaired) electrons. The molecule has 1 aliphatic carbocycles. The summed E-state index contributed by atoms with van der Waals surface area (Å²) in [6.07, 6.45) is 7.80. The minimum atomic E-state index is 0.425. The Kier molecular flexibility index (Phi) is 3.37. The molecule has 1 fully saturated rings. The van der Waals surface area contributed by atoms with E-state index in [4.69, 9.17) is 0 Å². The van der Waals surface area contributed by atoms with Crippen LogP contribution in [0.5, 0.6) is 0 Å². The van der Waals surface area contributed by atoms with Gasteiger partial charge in [0.1, 0.15) is 0 Å². The average molecular weight is 204 g/mol. The topological polar surface area (TPSA) is 24.9 Å². The third-order valence-electron chi connectivity index (χ3n) is 3.36. The van der Waals surface area contributed by atoms with Crippen LogP contribution in [-0.4, -0.2) is 11.0 Å². The van der Waals surface area contributed by atoms with Crippen molar-refractivity contribution in [1.29, 1.82) is 0 Å². The normalized spacial score (nSPS) is 27.9. The predicted molar refractivity (Wildman–Crippen MR) is 62.6 cm³/mol. The molecule has 0 aliphatic heterocycles. The minimum Gasteiger partial charge on any atom is -0.307 e. The Hall–Kier alpha value is -0.890. The monoisotopic (exact) mass is 204 g/mol. The van der Waals surface area contributed by atoms with E-state index in [-0.39, 0.29) is 0 Å². The fraction of sp³-hybridized carbons (Fsp3) is 0.615. The average Bonchev–Trinajstić information content (AvgIpc) is 2.65. The molecule has 3 atom stereocenters. The molecule has 1 N–H and O–H groups in total. The van der Waals surface area contributed by atoms with Gasteiger partial charge in [-0.2, -0.15) is 0 Å². The van der Waals surface area contributed by atoms with E-state index in [1.807, 2.05) is 18.5 Å². The van der Waals surface area contributed by atoms with Crippen LogP contribution >= 0.6 is 0 Å². The Morgan fingerprint density at radius 1 is 1.47 bits per heavy atom. The zero-order valence-electron chi connectivity index (χ0n) is 9.61. The summed E-state index contributed by atoms with van der Waals surface area (Å²) in [5.74, 6) is 0.892. The first-order chi connectivity index (χ1) is 7.25. The van der Waals surface area contributed by atoms with E-state index < -0.39 is 0 Å². The fourth-order valence-corrected chi connectivity index (χ4v) is 2.44. The molecule has 0 saturated heterocycles. The smallest absolute Gasteiger partial charge is 0.0315 e. The maximum absolute atomic E-state index is 4.16. The lowest BCUT2D eigenvalue weighted by molar-refractivity contribution is 0.448. The zero-order chi connectivity index (χ0) is 10.7. The van der Waals surface area contributed by atoms with Crippen molar-refractivity contribution >= 4 is 0 Å². The van der Waals surface area contributed by atoms with Crippen LogP contribution in [0.4, 0.5) is 0 Å². The molecule has 1 aliphatic rings. The number of pyridine rings is 1. The van der Waals surface area contributed by atoms with Gasteiger partial charge in [0.15, 0.2) is 0 Å². The van der Waals surface area contributed by atoms with Crippen molar-refractivity contribution in [1.82, 2.24) is 10.3 Å². The van der Waals surface area contributed by atoms with Gasteiger partial charge in [-0.3, -0.25) is 4.98 Å². The van der Waals surface area contributed by atoms with Crippen LogP contribution in [0.1, 0.15) is 44.7 Å². The van der Waals surface area contributed by atoms with Gasteiger partial charge in [-0.1, -0.05) is 13.0 Å². The molecule has 0 amide bonds. The summed E-state index contributed by atoms with van der Waals surface area (Å²) < 4.78 is 0. The van der Waals surface area contributed by atoms with Crippen molar-refractivity contribution in [3.63, 3.8) is 0 Å². The number of hydrogen-bond acceptors (Lipinski definition) is 2. The maximum Gasteiger partial charge on any atom is 0.0315 e. The van der Waals surface area contributed by atoms with E-state index in [9.17, 15) is 0 Å². The van der Waals surface area contributed by atoms with Crippen molar-refractivity contribution in [3.8, 4) is 0 Å². The van der Waals surface area contributed by atoms with Gasteiger partial charge in [0.2, 0.25) is 0 Å². The number of nitrogens with one attached hydrogen (secondary N) is 1. The molecule has 2 rings (SSSR count). The molecule has 0 aromatic carbocycles. The Bertz CT molecular complexity index is 297. The summed E-state index contributed by atoms with van der Waals surface area (Å²) in [6.45, 7) is 4.57. The van der Waals surface area contributed by atoms with Crippen LogP contribution in [0.3, 0.4) is 0 Å². The van der Waals surface area contributed by atoms with E-state index >= 15 is 0 Å². The van der Waals surface area contributed by atoms with Crippen molar-refractivity contribution in [2.75, 3.05) is 0 Å². The predicted octanol–water partition coefficient (Wildman–Crippen LogP) is 2.92. The van der Waals surface area contributed by atoms with Crippen LogP contribution in [0.25, 0.3) is 0 Å². The van der Waals surface area contributed by atoms with Crippen LogP contribution in [0.2, 0.25) is 0 Å². The minimum absolute atomic E-state index is 0.425. The van der Waals surface area contributed by atoms with Gasteiger partial charge in [-0.25, -0.2) is 0 Å². The van der Waals surface area contributed by atoms with Gasteiger partial charge < -0.3 is 5.32 Å². The van der Waals surface area contributed by atoms with E-state index in [1.165, 1.54) is 24.8 Å². The van der Waals surface area contributed by atoms with Crippen molar-refractivity contribution in [3.05, 3.63) is 30.1 Å². The highest BCUT2D eigenvalue weighted by molar-refractivity contribution is 5.13. The molecule has 1 heterocycles. The van der Waals surface area contributed by atoms with E-state index in [0.717, 1.165) is 5.92 Å².